The summed E-state index contributed by atoms with van der Waals surface area (Å²) < 4.78 is 19.0. The van der Waals surface area contributed by atoms with Crippen LogP contribution in [0.25, 0.3) is 10.9 Å². The summed E-state index contributed by atoms with van der Waals surface area (Å²) in [5.41, 5.74) is 9.22. The first kappa shape index (κ1) is 22.2. The van der Waals surface area contributed by atoms with Crippen molar-refractivity contribution >= 4 is 29.2 Å². The molecular weight excluding hydrogens is 421 g/mol. The molecule has 0 radical (unpaired) electrons. The smallest absolute Gasteiger partial charge is 0.251 e. The quantitative estimate of drug-likeness (QED) is 0.407. The van der Waals surface area contributed by atoms with Crippen LogP contribution >= 0.6 is 12.4 Å². The number of fused-ring (bicyclic) bond motifs is 1. The van der Waals surface area contributed by atoms with E-state index >= 15 is 0 Å². The SMILES string of the molecule is Cl.NCc1cc(OCc2cccc(C(=O)NCc3cc4cc(F)ccc4[nH]3)c2)ncn1. The fourth-order valence-corrected chi connectivity index (χ4v) is 3.06. The van der Waals surface area contributed by atoms with Gasteiger partial charge in [-0.3, -0.25) is 4.79 Å². The zero-order valence-electron chi connectivity index (χ0n) is 16.5. The molecular formula is C22H21ClFN5O2. The lowest BCUT2D eigenvalue weighted by molar-refractivity contribution is 0.0950. The number of benzene rings is 2. The van der Waals surface area contributed by atoms with Crippen molar-refractivity contribution in [3.63, 3.8) is 0 Å². The highest BCUT2D eigenvalue weighted by Crippen LogP contribution is 2.17. The summed E-state index contributed by atoms with van der Waals surface area (Å²) in [6, 6.07) is 15.2. The number of nitrogens with one attached hydrogen (secondary N) is 2. The molecule has 0 spiro atoms. The van der Waals surface area contributed by atoms with Gasteiger partial charge in [0.05, 0.1) is 12.2 Å². The first-order valence-corrected chi connectivity index (χ1v) is 9.39. The van der Waals surface area contributed by atoms with E-state index in [-0.39, 0.29) is 30.7 Å². The van der Waals surface area contributed by atoms with Gasteiger partial charge >= 0.3 is 0 Å². The van der Waals surface area contributed by atoms with Gasteiger partial charge in [0.15, 0.2) is 0 Å². The molecule has 0 saturated heterocycles. The normalized spacial score (nSPS) is 10.5. The molecule has 31 heavy (non-hydrogen) atoms. The Labute approximate surface area is 184 Å². The summed E-state index contributed by atoms with van der Waals surface area (Å²) in [4.78, 5) is 23.8. The number of rotatable bonds is 7. The first-order chi connectivity index (χ1) is 14.6. The molecule has 0 aliphatic carbocycles. The molecule has 0 atom stereocenters. The van der Waals surface area contributed by atoms with E-state index in [0.717, 1.165) is 22.2 Å². The van der Waals surface area contributed by atoms with E-state index in [1.807, 2.05) is 12.1 Å². The lowest BCUT2D eigenvalue weighted by Crippen LogP contribution is -2.23. The van der Waals surface area contributed by atoms with Crippen molar-refractivity contribution in [3.05, 3.63) is 89.3 Å². The summed E-state index contributed by atoms with van der Waals surface area (Å²) in [5.74, 6) is -0.0815. The molecule has 0 bridgehead atoms. The number of carbonyl (C=O) groups is 1. The van der Waals surface area contributed by atoms with Crippen molar-refractivity contribution in [2.45, 2.75) is 19.7 Å². The van der Waals surface area contributed by atoms with Gasteiger partial charge in [-0.25, -0.2) is 14.4 Å². The number of nitrogens with two attached hydrogens (primary N) is 1. The van der Waals surface area contributed by atoms with Gasteiger partial charge in [0.25, 0.3) is 5.91 Å². The summed E-state index contributed by atoms with van der Waals surface area (Å²) >= 11 is 0. The number of H-pyrrole nitrogens is 1. The van der Waals surface area contributed by atoms with E-state index in [4.69, 9.17) is 10.5 Å². The molecule has 0 aliphatic rings. The van der Waals surface area contributed by atoms with Gasteiger partial charge in [-0.15, -0.1) is 12.4 Å². The molecule has 2 aromatic carbocycles. The lowest BCUT2D eigenvalue weighted by atomic mass is 10.1. The van der Waals surface area contributed by atoms with E-state index in [1.165, 1.54) is 18.5 Å². The molecule has 160 valence electrons. The molecule has 2 heterocycles. The lowest BCUT2D eigenvalue weighted by Gasteiger charge is -2.08. The number of ether oxygens (including phenoxy) is 1. The van der Waals surface area contributed by atoms with E-state index in [0.29, 0.717) is 30.2 Å². The Morgan fingerprint density at radius 1 is 1.13 bits per heavy atom. The Bertz CT molecular complexity index is 1200. The van der Waals surface area contributed by atoms with Crippen molar-refractivity contribution in [1.29, 1.82) is 0 Å². The van der Waals surface area contributed by atoms with Gasteiger partial charge in [-0.05, 0) is 42.0 Å². The second kappa shape index (κ2) is 10.0. The number of carbonyl (C=O) groups excluding carboxylic acids is 1. The Morgan fingerprint density at radius 2 is 2.00 bits per heavy atom. The summed E-state index contributed by atoms with van der Waals surface area (Å²) in [5, 5.41) is 3.63. The molecule has 9 heteroatoms. The van der Waals surface area contributed by atoms with Crippen LogP contribution in [-0.2, 0) is 19.7 Å². The number of nitrogens with zero attached hydrogens (tertiary/aromatic N) is 2. The van der Waals surface area contributed by atoms with E-state index in [1.54, 1.807) is 30.3 Å². The van der Waals surface area contributed by atoms with Gasteiger partial charge in [0.1, 0.15) is 18.8 Å². The maximum absolute atomic E-state index is 13.3. The first-order valence-electron chi connectivity index (χ1n) is 9.39. The van der Waals surface area contributed by atoms with Crippen molar-refractivity contribution in [1.82, 2.24) is 20.3 Å². The number of amides is 1. The predicted molar refractivity (Wildman–Crippen MR) is 117 cm³/mol. The number of aromatic amines is 1. The van der Waals surface area contributed by atoms with Crippen LogP contribution in [0.1, 0.15) is 27.3 Å². The van der Waals surface area contributed by atoms with Crippen LogP contribution in [0.2, 0.25) is 0 Å². The van der Waals surface area contributed by atoms with Gasteiger partial charge in [0.2, 0.25) is 5.88 Å². The van der Waals surface area contributed by atoms with Crippen molar-refractivity contribution < 1.29 is 13.9 Å². The van der Waals surface area contributed by atoms with Crippen LogP contribution in [0.5, 0.6) is 5.88 Å². The second-order valence-electron chi connectivity index (χ2n) is 6.75. The Kier molecular flexibility index (Phi) is 7.17. The van der Waals surface area contributed by atoms with Crippen molar-refractivity contribution in [2.75, 3.05) is 0 Å². The number of hydrogen-bond donors (Lipinski definition) is 3. The third-order valence-corrected chi connectivity index (χ3v) is 4.56. The highest BCUT2D eigenvalue weighted by Gasteiger charge is 2.09. The summed E-state index contributed by atoms with van der Waals surface area (Å²) in [6.45, 7) is 0.869. The number of aromatic nitrogens is 3. The fraction of sp³-hybridized carbons (Fsp3) is 0.136. The third kappa shape index (κ3) is 5.56. The third-order valence-electron chi connectivity index (χ3n) is 4.56. The zero-order chi connectivity index (χ0) is 20.9. The predicted octanol–water partition coefficient (Wildman–Crippen LogP) is 3.49. The maximum atomic E-state index is 13.3. The largest absolute Gasteiger partial charge is 0.473 e. The minimum absolute atomic E-state index is 0. The molecule has 1 amide bonds. The van der Waals surface area contributed by atoms with E-state index in [9.17, 15) is 9.18 Å². The van der Waals surface area contributed by atoms with Gasteiger partial charge in [0, 0.05) is 34.8 Å². The minimum atomic E-state index is -0.294. The van der Waals surface area contributed by atoms with Crippen molar-refractivity contribution in [2.24, 2.45) is 5.73 Å². The monoisotopic (exact) mass is 441 g/mol. The average Bonchev–Trinajstić information content (AvgIpc) is 3.18. The number of hydrogen-bond acceptors (Lipinski definition) is 5. The van der Waals surface area contributed by atoms with Gasteiger partial charge in [-0.1, -0.05) is 12.1 Å². The Hall–Kier alpha value is -3.49. The molecule has 4 rings (SSSR count). The maximum Gasteiger partial charge on any atom is 0.251 e. The molecule has 0 unspecified atom stereocenters. The van der Waals surface area contributed by atoms with Crippen LogP contribution < -0.4 is 15.8 Å². The average molecular weight is 442 g/mol. The second-order valence-corrected chi connectivity index (χ2v) is 6.75. The highest BCUT2D eigenvalue weighted by molar-refractivity contribution is 5.94. The fourth-order valence-electron chi connectivity index (χ4n) is 3.06. The van der Waals surface area contributed by atoms with Crippen molar-refractivity contribution in [3.8, 4) is 5.88 Å². The topological polar surface area (TPSA) is 106 Å². The molecule has 0 saturated carbocycles. The minimum Gasteiger partial charge on any atom is -0.473 e. The molecule has 4 N–H and O–H groups in total. The van der Waals surface area contributed by atoms with Crippen LogP contribution in [0.15, 0.2) is 60.9 Å². The standard InChI is InChI=1S/C22H20FN5O2.ClH/c23-17-4-5-20-16(7-17)8-19(28-20)11-25-22(29)15-3-1-2-14(6-15)12-30-21-9-18(10-24)26-13-27-21;/h1-9,13,28H,10-12,24H2,(H,25,29);1H. The summed E-state index contributed by atoms with van der Waals surface area (Å²) in [6.07, 6.45) is 1.40. The Morgan fingerprint density at radius 3 is 2.84 bits per heavy atom. The van der Waals surface area contributed by atoms with E-state index < -0.39 is 0 Å². The zero-order valence-corrected chi connectivity index (χ0v) is 17.3. The van der Waals surface area contributed by atoms with Crippen LogP contribution in [-0.4, -0.2) is 20.9 Å². The summed E-state index contributed by atoms with van der Waals surface area (Å²) in [7, 11) is 0. The number of halogens is 2. The van der Waals surface area contributed by atoms with E-state index in [2.05, 4.69) is 20.3 Å². The molecule has 4 aromatic rings. The molecule has 0 aliphatic heterocycles. The van der Waals surface area contributed by atoms with Crippen LogP contribution in [0, 0.1) is 5.82 Å². The molecule has 7 nitrogen and oxygen atoms in total. The highest BCUT2D eigenvalue weighted by atomic mass is 35.5. The van der Waals surface area contributed by atoms with Gasteiger partial charge < -0.3 is 20.8 Å². The molecule has 2 aromatic heterocycles. The van der Waals surface area contributed by atoms with Crippen LogP contribution in [0.3, 0.4) is 0 Å². The van der Waals surface area contributed by atoms with Crippen LogP contribution in [0.4, 0.5) is 4.39 Å². The molecule has 0 fully saturated rings. The van der Waals surface area contributed by atoms with Gasteiger partial charge in [-0.2, -0.15) is 0 Å². The Balaban J connectivity index is 0.00000272.